The summed E-state index contributed by atoms with van der Waals surface area (Å²) in [5, 5.41) is 16.3. The van der Waals surface area contributed by atoms with Gasteiger partial charge in [-0.25, -0.2) is 9.78 Å². The fraction of sp³-hybridized carbons (Fsp3) is 0.111. The molecule has 0 amide bonds. The molecule has 4 rings (SSSR count). The number of esters is 1. The summed E-state index contributed by atoms with van der Waals surface area (Å²) in [5.41, 5.74) is 0.396. The Morgan fingerprint density at radius 3 is 2.92 bits per heavy atom. The molecule has 4 aromatic rings. The van der Waals surface area contributed by atoms with Crippen molar-refractivity contribution < 1.29 is 14.6 Å². The van der Waals surface area contributed by atoms with Gasteiger partial charge in [-0.05, 0) is 18.4 Å². The van der Waals surface area contributed by atoms with Gasteiger partial charge in [-0.15, -0.1) is 0 Å². The van der Waals surface area contributed by atoms with E-state index < -0.39 is 5.97 Å². The molecular formula is C18H13N3O4S. The van der Waals surface area contributed by atoms with E-state index in [-0.39, 0.29) is 23.5 Å². The average molecular weight is 367 g/mol. The van der Waals surface area contributed by atoms with Gasteiger partial charge in [0.1, 0.15) is 17.9 Å². The number of phenols is 1. The van der Waals surface area contributed by atoms with Gasteiger partial charge in [0.25, 0.3) is 5.56 Å². The lowest BCUT2D eigenvalue weighted by molar-refractivity contribution is 0.0468. The number of hydrogen-bond acceptors (Lipinski definition) is 7. The number of ether oxygens (including phenoxy) is 1. The molecule has 26 heavy (non-hydrogen) atoms. The van der Waals surface area contributed by atoms with E-state index >= 15 is 0 Å². The third kappa shape index (κ3) is 2.80. The van der Waals surface area contributed by atoms with Gasteiger partial charge >= 0.3 is 5.97 Å². The summed E-state index contributed by atoms with van der Waals surface area (Å²) in [6.45, 7) is 1.61. The second-order valence-corrected chi connectivity index (χ2v) is 6.73. The van der Waals surface area contributed by atoms with Gasteiger partial charge in [0.05, 0.1) is 0 Å². The van der Waals surface area contributed by atoms with E-state index in [0.29, 0.717) is 21.0 Å². The standard InChI is InChI=1S/C18H13N3O4S/c1-10-8-15(22)21-18(19-10)26-14(20-21)9-25-17(24)13-7-6-11-4-2-3-5-12(11)16(13)23/h2-8,23H,9H2,1H3. The SMILES string of the molecule is Cc1cc(=O)n2nc(COC(=O)c3ccc4ccccc4c3O)sc2n1. The first kappa shape index (κ1) is 16.2. The minimum atomic E-state index is -0.663. The van der Waals surface area contributed by atoms with Gasteiger partial charge in [-0.1, -0.05) is 41.7 Å². The Hall–Kier alpha value is -3.26. The molecule has 1 N–H and O–H groups in total. The quantitative estimate of drug-likeness (QED) is 0.560. The summed E-state index contributed by atoms with van der Waals surface area (Å²) in [7, 11) is 0. The van der Waals surface area contributed by atoms with Crippen molar-refractivity contribution in [1.82, 2.24) is 14.6 Å². The zero-order valence-electron chi connectivity index (χ0n) is 13.7. The van der Waals surface area contributed by atoms with Crippen LogP contribution in [0.25, 0.3) is 15.7 Å². The van der Waals surface area contributed by atoms with Crippen LogP contribution in [0.5, 0.6) is 5.75 Å². The first-order chi connectivity index (χ1) is 12.5. The van der Waals surface area contributed by atoms with Crippen LogP contribution in [0, 0.1) is 6.92 Å². The number of rotatable bonds is 3. The van der Waals surface area contributed by atoms with Gasteiger partial charge in [0.15, 0.2) is 5.01 Å². The molecule has 0 atom stereocenters. The highest BCUT2D eigenvalue weighted by Crippen LogP contribution is 2.29. The van der Waals surface area contributed by atoms with Gasteiger partial charge < -0.3 is 9.84 Å². The number of carbonyl (C=O) groups is 1. The van der Waals surface area contributed by atoms with Crippen LogP contribution < -0.4 is 5.56 Å². The van der Waals surface area contributed by atoms with Crippen molar-refractivity contribution >= 4 is 33.0 Å². The molecule has 2 aromatic heterocycles. The first-order valence-electron chi connectivity index (χ1n) is 7.77. The van der Waals surface area contributed by atoms with E-state index in [1.165, 1.54) is 28.0 Å². The molecule has 0 spiro atoms. The van der Waals surface area contributed by atoms with Gasteiger partial charge in [0.2, 0.25) is 4.96 Å². The number of aryl methyl sites for hydroxylation is 1. The molecule has 0 bridgehead atoms. The van der Waals surface area contributed by atoms with Crippen LogP contribution in [0.15, 0.2) is 47.3 Å². The van der Waals surface area contributed by atoms with E-state index in [1.807, 2.05) is 12.1 Å². The summed E-state index contributed by atoms with van der Waals surface area (Å²) >= 11 is 1.17. The Bertz CT molecular complexity index is 1210. The number of phenolic OH excluding ortho intramolecular Hbond substituents is 1. The van der Waals surface area contributed by atoms with Crippen molar-refractivity contribution in [2.24, 2.45) is 0 Å². The normalized spacial score (nSPS) is 11.1. The summed E-state index contributed by atoms with van der Waals surface area (Å²) in [6, 6.07) is 11.9. The van der Waals surface area contributed by atoms with Crippen LogP contribution >= 0.6 is 11.3 Å². The molecule has 2 aromatic carbocycles. The summed E-state index contributed by atoms with van der Waals surface area (Å²) in [5.74, 6) is -0.782. The molecule has 8 heteroatoms. The fourth-order valence-electron chi connectivity index (χ4n) is 2.64. The lowest BCUT2D eigenvalue weighted by Crippen LogP contribution is -2.14. The minimum absolute atomic E-state index is 0.0796. The third-order valence-electron chi connectivity index (χ3n) is 3.86. The molecule has 0 aliphatic carbocycles. The van der Waals surface area contributed by atoms with E-state index in [4.69, 9.17) is 4.74 Å². The number of nitrogens with zero attached hydrogens (tertiary/aromatic N) is 3. The Morgan fingerprint density at radius 2 is 2.08 bits per heavy atom. The summed E-state index contributed by atoms with van der Waals surface area (Å²) < 4.78 is 6.42. The van der Waals surface area contributed by atoms with Crippen LogP contribution in [0.4, 0.5) is 0 Å². The molecule has 0 radical (unpaired) electrons. The van der Waals surface area contributed by atoms with Crippen LogP contribution in [0.2, 0.25) is 0 Å². The molecule has 0 saturated carbocycles. The molecule has 0 aliphatic rings. The Labute approximate surface area is 151 Å². The molecule has 0 aliphatic heterocycles. The van der Waals surface area contributed by atoms with Crippen LogP contribution in [-0.4, -0.2) is 25.7 Å². The Balaban J connectivity index is 1.58. The largest absolute Gasteiger partial charge is 0.506 e. The molecule has 130 valence electrons. The van der Waals surface area contributed by atoms with Crippen LogP contribution in [-0.2, 0) is 11.3 Å². The predicted octanol–water partition coefficient (Wildman–Crippen LogP) is 2.68. The minimum Gasteiger partial charge on any atom is -0.506 e. The number of carbonyl (C=O) groups excluding carboxylic acids is 1. The van der Waals surface area contributed by atoms with E-state index in [1.54, 1.807) is 25.1 Å². The second-order valence-electron chi connectivity index (χ2n) is 5.68. The highest BCUT2D eigenvalue weighted by molar-refractivity contribution is 7.16. The summed E-state index contributed by atoms with van der Waals surface area (Å²) in [4.78, 5) is 28.9. The molecule has 0 fully saturated rings. The lowest BCUT2D eigenvalue weighted by Gasteiger charge is -2.07. The van der Waals surface area contributed by atoms with Crippen LogP contribution in [0.1, 0.15) is 21.1 Å². The van der Waals surface area contributed by atoms with Crippen molar-refractivity contribution in [3.8, 4) is 5.75 Å². The highest BCUT2D eigenvalue weighted by Gasteiger charge is 2.16. The maximum absolute atomic E-state index is 12.3. The predicted molar refractivity (Wildman–Crippen MR) is 96.6 cm³/mol. The van der Waals surface area contributed by atoms with Crippen molar-refractivity contribution in [3.63, 3.8) is 0 Å². The van der Waals surface area contributed by atoms with E-state index in [9.17, 15) is 14.7 Å². The van der Waals surface area contributed by atoms with E-state index in [2.05, 4.69) is 10.1 Å². The fourth-order valence-corrected chi connectivity index (χ4v) is 3.50. The zero-order chi connectivity index (χ0) is 18.3. The molecule has 2 heterocycles. The maximum Gasteiger partial charge on any atom is 0.342 e. The molecule has 0 unspecified atom stereocenters. The number of aromatic nitrogens is 3. The smallest absolute Gasteiger partial charge is 0.342 e. The first-order valence-corrected chi connectivity index (χ1v) is 8.59. The van der Waals surface area contributed by atoms with E-state index in [0.717, 1.165) is 5.39 Å². The third-order valence-corrected chi connectivity index (χ3v) is 4.74. The summed E-state index contributed by atoms with van der Waals surface area (Å²) in [6.07, 6.45) is 0. The van der Waals surface area contributed by atoms with Crippen molar-refractivity contribution in [1.29, 1.82) is 0 Å². The van der Waals surface area contributed by atoms with Crippen LogP contribution in [0.3, 0.4) is 0 Å². The molecule has 7 nitrogen and oxygen atoms in total. The average Bonchev–Trinajstić information content (AvgIpc) is 3.03. The number of benzene rings is 2. The van der Waals surface area contributed by atoms with Gasteiger partial charge in [-0.3, -0.25) is 4.79 Å². The number of fused-ring (bicyclic) bond motifs is 2. The van der Waals surface area contributed by atoms with Gasteiger partial charge in [-0.2, -0.15) is 9.61 Å². The van der Waals surface area contributed by atoms with Crippen molar-refractivity contribution in [2.75, 3.05) is 0 Å². The van der Waals surface area contributed by atoms with Crippen molar-refractivity contribution in [2.45, 2.75) is 13.5 Å². The highest BCUT2D eigenvalue weighted by atomic mass is 32.1. The second kappa shape index (κ2) is 6.23. The van der Waals surface area contributed by atoms with Gasteiger partial charge in [0, 0.05) is 17.1 Å². The monoisotopic (exact) mass is 367 g/mol. The Kier molecular flexibility index (Phi) is 3.89. The number of hydrogen-bond donors (Lipinski definition) is 1. The molecule has 0 saturated heterocycles. The maximum atomic E-state index is 12.3. The lowest BCUT2D eigenvalue weighted by atomic mass is 10.1. The molecular weight excluding hydrogens is 354 g/mol. The van der Waals surface area contributed by atoms with Crippen molar-refractivity contribution in [3.05, 3.63) is 69.1 Å². The Morgan fingerprint density at radius 1 is 1.27 bits per heavy atom. The number of aromatic hydroxyl groups is 1. The zero-order valence-corrected chi connectivity index (χ0v) is 14.5. The topological polar surface area (TPSA) is 93.8 Å².